The zero-order valence-corrected chi connectivity index (χ0v) is 12.0. The van der Waals surface area contributed by atoms with Crippen molar-refractivity contribution < 1.29 is 4.74 Å². The van der Waals surface area contributed by atoms with E-state index in [9.17, 15) is 0 Å². The van der Waals surface area contributed by atoms with E-state index in [-0.39, 0.29) is 0 Å². The van der Waals surface area contributed by atoms with Crippen molar-refractivity contribution in [3.05, 3.63) is 28.3 Å². The molecule has 1 heterocycles. The first-order valence-electron chi connectivity index (χ1n) is 6.31. The molecule has 0 aromatic heterocycles. The molecule has 3 nitrogen and oxygen atoms in total. The van der Waals surface area contributed by atoms with Crippen molar-refractivity contribution in [1.82, 2.24) is 4.90 Å². The largest absolute Gasteiger partial charge is 0.497 e. The van der Waals surface area contributed by atoms with E-state index in [4.69, 9.17) is 22.1 Å². The minimum absolute atomic E-state index is 0.395. The Kier molecular flexibility index (Phi) is 4.15. The van der Waals surface area contributed by atoms with Crippen LogP contribution in [0.3, 0.4) is 0 Å². The summed E-state index contributed by atoms with van der Waals surface area (Å²) in [6.07, 6.45) is 1.09. The van der Waals surface area contributed by atoms with Crippen molar-refractivity contribution in [2.45, 2.75) is 19.4 Å². The molecule has 0 radical (unpaired) electrons. The van der Waals surface area contributed by atoms with Crippen LogP contribution in [0.2, 0.25) is 5.02 Å². The second-order valence-electron chi connectivity index (χ2n) is 5.12. The van der Waals surface area contributed by atoms with Gasteiger partial charge in [0.2, 0.25) is 0 Å². The van der Waals surface area contributed by atoms with E-state index in [1.165, 1.54) is 5.56 Å². The fourth-order valence-corrected chi connectivity index (χ4v) is 2.99. The maximum Gasteiger partial charge on any atom is 0.120 e. The Morgan fingerprint density at radius 2 is 2.22 bits per heavy atom. The maximum atomic E-state index is 6.27. The molecule has 1 aromatic rings. The topological polar surface area (TPSA) is 38.5 Å². The number of likely N-dealkylation sites (tertiary alicyclic amines) is 1. The summed E-state index contributed by atoms with van der Waals surface area (Å²) in [7, 11) is 3.82. The highest BCUT2D eigenvalue weighted by Crippen LogP contribution is 2.39. The van der Waals surface area contributed by atoms with Gasteiger partial charge in [-0.05, 0) is 56.1 Å². The quantitative estimate of drug-likeness (QED) is 0.916. The van der Waals surface area contributed by atoms with E-state index in [0.29, 0.717) is 12.0 Å². The molecule has 0 bridgehead atoms. The summed E-state index contributed by atoms with van der Waals surface area (Å²) in [5.41, 5.74) is 8.19. The third-order valence-electron chi connectivity index (χ3n) is 3.92. The number of nitrogens with zero attached hydrogens (tertiary/aromatic N) is 1. The van der Waals surface area contributed by atoms with E-state index in [2.05, 4.69) is 24.9 Å². The molecule has 1 aliphatic heterocycles. The number of halogens is 1. The monoisotopic (exact) mass is 268 g/mol. The molecule has 2 rings (SSSR count). The highest BCUT2D eigenvalue weighted by molar-refractivity contribution is 6.31. The number of hydrogen-bond donors (Lipinski definition) is 1. The number of rotatable bonds is 3. The third-order valence-corrected chi connectivity index (χ3v) is 4.31. The average Bonchev–Trinajstić information content (AvgIpc) is 2.74. The highest BCUT2D eigenvalue weighted by atomic mass is 35.5. The number of hydrogen-bond acceptors (Lipinski definition) is 3. The lowest BCUT2D eigenvalue weighted by atomic mass is 9.96. The molecular formula is C14H21ClN2O. The van der Waals surface area contributed by atoms with Crippen LogP contribution in [-0.2, 0) is 0 Å². The molecular weight excluding hydrogens is 248 g/mol. The van der Waals surface area contributed by atoms with E-state index < -0.39 is 0 Å². The van der Waals surface area contributed by atoms with Gasteiger partial charge >= 0.3 is 0 Å². The molecule has 0 amide bonds. The first-order chi connectivity index (χ1) is 8.56. The summed E-state index contributed by atoms with van der Waals surface area (Å²) < 4.78 is 5.31. The Labute approximate surface area is 114 Å². The normalized spacial score (nSPS) is 24.5. The third kappa shape index (κ3) is 2.48. The summed E-state index contributed by atoms with van der Waals surface area (Å²) in [5.74, 6) is 1.40. The minimum Gasteiger partial charge on any atom is -0.497 e. The summed E-state index contributed by atoms with van der Waals surface area (Å²) >= 11 is 6.27. The van der Waals surface area contributed by atoms with Crippen LogP contribution < -0.4 is 10.5 Å². The smallest absolute Gasteiger partial charge is 0.120 e. The van der Waals surface area contributed by atoms with Gasteiger partial charge in [0.25, 0.3) is 0 Å². The molecule has 1 aromatic carbocycles. The predicted octanol–water partition coefficient (Wildman–Crippen LogP) is 2.61. The Morgan fingerprint density at radius 3 is 2.78 bits per heavy atom. The molecule has 100 valence electrons. The number of methoxy groups -OCH3 is 1. The molecule has 0 spiro atoms. The minimum atomic E-state index is 0.395. The molecule has 2 unspecified atom stereocenters. The van der Waals surface area contributed by atoms with Crippen molar-refractivity contribution in [2.24, 2.45) is 11.7 Å². The SMILES string of the molecule is COc1cc(Cl)c(C)c(C2CC(CN)CN2C)c1. The highest BCUT2D eigenvalue weighted by Gasteiger charge is 2.31. The van der Waals surface area contributed by atoms with Crippen LogP contribution in [0.5, 0.6) is 5.75 Å². The molecule has 1 fully saturated rings. The lowest BCUT2D eigenvalue weighted by molar-refractivity contribution is 0.311. The summed E-state index contributed by atoms with van der Waals surface area (Å²) in [4.78, 5) is 2.36. The van der Waals surface area contributed by atoms with Crippen LogP contribution in [0.25, 0.3) is 0 Å². The molecule has 0 aliphatic carbocycles. The van der Waals surface area contributed by atoms with Gasteiger partial charge in [0.05, 0.1) is 7.11 Å². The number of ether oxygens (including phenoxy) is 1. The zero-order chi connectivity index (χ0) is 13.3. The maximum absolute atomic E-state index is 6.27. The van der Waals surface area contributed by atoms with Crippen LogP contribution in [0.1, 0.15) is 23.6 Å². The van der Waals surface area contributed by atoms with Crippen LogP contribution in [0.4, 0.5) is 0 Å². The van der Waals surface area contributed by atoms with Crippen molar-refractivity contribution >= 4 is 11.6 Å². The zero-order valence-electron chi connectivity index (χ0n) is 11.2. The van der Waals surface area contributed by atoms with Crippen molar-refractivity contribution in [3.63, 3.8) is 0 Å². The second kappa shape index (κ2) is 5.47. The van der Waals surface area contributed by atoms with Crippen LogP contribution in [0.15, 0.2) is 12.1 Å². The Hall–Kier alpha value is -0.770. The summed E-state index contributed by atoms with van der Waals surface area (Å²) in [6.45, 7) is 3.87. The standard InChI is InChI=1S/C14H21ClN2O/c1-9-12(5-11(18-3)6-13(9)15)14-4-10(7-16)8-17(14)2/h5-6,10,14H,4,7-8,16H2,1-3H3. The lowest BCUT2D eigenvalue weighted by Gasteiger charge is -2.22. The van der Waals surface area contributed by atoms with Gasteiger partial charge in [-0.2, -0.15) is 0 Å². The molecule has 4 heteroatoms. The van der Waals surface area contributed by atoms with Crippen molar-refractivity contribution in [2.75, 3.05) is 27.2 Å². The fourth-order valence-electron chi connectivity index (χ4n) is 2.78. The first kappa shape index (κ1) is 13.7. The summed E-state index contributed by atoms with van der Waals surface area (Å²) in [5, 5.41) is 0.772. The van der Waals surface area contributed by atoms with E-state index in [1.54, 1.807) is 7.11 Å². The molecule has 0 saturated carbocycles. The first-order valence-corrected chi connectivity index (χ1v) is 6.69. The molecule has 1 aliphatic rings. The van der Waals surface area contributed by atoms with Crippen LogP contribution in [0, 0.1) is 12.8 Å². The number of benzene rings is 1. The van der Waals surface area contributed by atoms with Gasteiger partial charge in [0.1, 0.15) is 5.75 Å². The summed E-state index contributed by atoms with van der Waals surface area (Å²) in [6, 6.07) is 4.36. The van der Waals surface area contributed by atoms with Gasteiger partial charge in [0.15, 0.2) is 0 Å². The molecule has 1 saturated heterocycles. The van der Waals surface area contributed by atoms with E-state index in [0.717, 1.165) is 35.8 Å². The molecule has 18 heavy (non-hydrogen) atoms. The van der Waals surface area contributed by atoms with Crippen LogP contribution >= 0.6 is 11.6 Å². The van der Waals surface area contributed by atoms with Crippen molar-refractivity contribution in [3.8, 4) is 5.75 Å². The van der Waals surface area contributed by atoms with E-state index >= 15 is 0 Å². The predicted molar refractivity (Wildman–Crippen MR) is 75.3 cm³/mol. The Morgan fingerprint density at radius 1 is 1.50 bits per heavy atom. The molecule has 2 atom stereocenters. The lowest BCUT2D eigenvalue weighted by Crippen LogP contribution is -2.21. The second-order valence-corrected chi connectivity index (χ2v) is 5.52. The van der Waals surface area contributed by atoms with Gasteiger partial charge in [0, 0.05) is 17.6 Å². The van der Waals surface area contributed by atoms with Gasteiger partial charge in [-0.3, -0.25) is 4.90 Å². The number of nitrogens with two attached hydrogens (primary N) is 1. The van der Waals surface area contributed by atoms with E-state index in [1.807, 2.05) is 6.07 Å². The van der Waals surface area contributed by atoms with Gasteiger partial charge < -0.3 is 10.5 Å². The molecule has 2 N–H and O–H groups in total. The van der Waals surface area contributed by atoms with Gasteiger partial charge in [-0.25, -0.2) is 0 Å². The fraction of sp³-hybridized carbons (Fsp3) is 0.571. The Balaban J connectivity index is 2.35. The van der Waals surface area contributed by atoms with Gasteiger partial charge in [-0.15, -0.1) is 0 Å². The van der Waals surface area contributed by atoms with Crippen molar-refractivity contribution in [1.29, 1.82) is 0 Å². The average molecular weight is 269 g/mol. The van der Waals surface area contributed by atoms with Crippen LogP contribution in [-0.4, -0.2) is 32.1 Å². The Bertz CT molecular complexity index is 436. The van der Waals surface area contributed by atoms with Gasteiger partial charge in [-0.1, -0.05) is 11.6 Å².